The number of anilines is 1. The van der Waals surface area contributed by atoms with Gasteiger partial charge in [0.25, 0.3) is 0 Å². The van der Waals surface area contributed by atoms with Gasteiger partial charge in [0.2, 0.25) is 5.91 Å². The molecule has 1 fully saturated rings. The van der Waals surface area contributed by atoms with Crippen LogP contribution in [0.2, 0.25) is 0 Å². The Hall–Kier alpha value is -3.09. The first-order valence-corrected chi connectivity index (χ1v) is 8.51. The summed E-state index contributed by atoms with van der Waals surface area (Å²) in [5.74, 6) is -0.374. The highest BCUT2D eigenvalue weighted by Crippen LogP contribution is 2.21. The molecule has 1 aromatic heterocycles. The van der Waals surface area contributed by atoms with Crippen molar-refractivity contribution in [3.05, 3.63) is 54.9 Å². The molecule has 136 valence electrons. The molecule has 1 aliphatic heterocycles. The molecule has 1 aliphatic rings. The number of carboxylic acid groups (broad SMARTS) is 1. The Morgan fingerprint density at radius 1 is 1.15 bits per heavy atom. The number of carbonyl (C=O) groups is 2. The van der Waals surface area contributed by atoms with Gasteiger partial charge in [-0.05, 0) is 24.3 Å². The average Bonchev–Trinajstić information content (AvgIpc) is 2.66. The summed E-state index contributed by atoms with van der Waals surface area (Å²) < 4.78 is 5.93. The minimum Gasteiger partial charge on any atom is -0.481 e. The molecule has 7 heteroatoms. The largest absolute Gasteiger partial charge is 0.481 e. The van der Waals surface area contributed by atoms with Gasteiger partial charge in [-0.2, -0.15) is 0 Å². The van der Waals surface area contributed by atoms with Crippen molar-refractivity contribution >= 4 is 17.6 Å². The summed E-state index contributed by atoms with van der Waals surface area (Å²) in [7, 11) is 0. The van der Waals surface area contributed by atoms with Gasteiger partial charge in [0, 0.05) is 37.6 Å². The molecule has 2 heterocycles. The Morgan fingerprint density at radius 2 is 1.88 bits per heavy atom. The molecular weight excluding hydrogens is 334 g/mol. The van der Waals surface area contributed by atoms with Crippen molar-refractivity contribution in [3.8, 4) is 5.75 Å². The molecule has 0 spiro atoms. The first-order valence-electron chi connectivity index (χ1n) is 8.51. The monoisotopic (exact) mass is 355 g/mol. The zero-order valence-corrected chi connectivity index (χ0v) is 14.3. The summed E-state index contributed by atoms with van der Waals surface area (Å²) in [4.78, 5) is 31.3. The summed E-state index contributed by atoms with van der Waals surface area (Å²) in [6.07, 6.45) is 2.97. The molecule has 2 aromatic rings. The van der Waals surface area contributed by atoms with Crippen LogP contribution in [0.4, 0.5) is 5.69 Å². The number of benzene rings is 1. The number of nitrogens with zero attached hydrogens (tertiary/aromatic N) is 3. The Bertz CT molecular complexity index is 739. The second-order valence-electron chi connectivity index (χ2n) is 6.03. The lowest BCUT2D eigenvalue weighted by Crippen LogP contribution is -2.55. The summed E-state index contributed by atoms with van der Waals surface area (Å²) >= 11 is 0. The zero-order chi connectivity index (χ0) is 18.4. The minimum absolute atomic E-state index is 0.0602. The molecule has 7 nitrogen and oxygen atoms in total. The number of aliphatic carboxylic acids is 1. The van der Waals surface area contributed by atoms with Gasteiger partial charge in [0.1, 0.15) is 5.75 Å². The van der Waals surface area contributed by atoms with Crippen LogP contribution in [0.15, 0.2) is 54.9 Å². The van der Waals surface area contributed by atoms with Gasteiger partial charge in [-0.25, -0.2) is 0 Å². The van der Waals surface area contributed by atoms with Gasteiger partial charge in [-0.1, -0.05) is 18.2 Å². The number of aromatic nitrogens is 1. The Balaban J connectivity index is 1.70. The molecule has 0 aliphatic carbocycles. The van der Waals surface area contributed by atoms with Gasteiger partial charge in [0.15, 0.2) is 6.23 Å². The molecule has 26 heavy (non-hydrogen) atoms. The first kappa shape index (κ1) is 17.7. The zero-order valence-electron chi connectivity index (χ0n) is 14.3. The van der Waals surface area contributed by atoms with Gasteiger partial charge < -0.3 is 19.6 Å². The van der Waals surface area contributed by atoms with E-state index in [1.807, 2.05) is 35.2 Å². The van der Waals surface area contributed by atoms with Crippen molar-refractivity contribution in [3.63, 3.8) is 0 Å². The van der Waals surface area contributed by atoms with Crippen LogP contribution in [-0.2, 0) is 9.59 Å². The smallest absolute Gasteiger partial charge is 0.303 e. The molecule has 1 amide bonds. The van der Waals surface area contributed by atoms with Crippen molar-refractivity contribution < 1.29 is 19.4 Å². The maximum absolute atomic E-state index is 12.7. The second kappa shape index (κ2) is 8.33. The molecule has 1 N–H and O–H groups in total. The maximum atomic E-state index is 12.7. The van der Waals surface area contributed by atoms with Gasteiger partial charge in [-0.15, -0.1) is 0 Å². The van der Waals surface area contributed by atoms with Crippen molar-refractivity contribution in [2.75, 3.05) is 24.5 Å². The Kier molecular flexibility index (Phi) is 5.68. The Labute approximate surface area is 151 Å². The van der Waals surface area contributed by atoms with E-state index in [2.05, 4.69) is 4.98 Å². The van der Waals surface area contributed by atoms with E-state index in [0.29, 0.717) is 18.8 Å². The van der Waals surface area contributed by atoms with Crippen molar-refractivity contribution in [1.82, 2.24) is 9.88 Å². The van der Waals surface area contributed by atoms with Crippen LogP contribution in [-0.4, -0.2) is 52.7 Å². The van der Waals surface area contributed by atoms with E-state index in [0.717, 1.165) is 5.69 Å². The fraction of sp³-hybridized carbons (Fsp3) is 0.316. The number of carboxylic acids is 1. The third kappa shape index (κ3) is 4.50. The molecule has 1 unspecified atom stereocenters. The highest BCUT2D eigenvalue weighted by atomic mass is 16.5. The lowest BCUT2D eigenvalue weighted by molar-refractivity contribution is -0.144. The van der Waals surface area contributed by atoms with Crippen LogP contribution >= 0.6 is 0 Å². The summed E-state index contributed by atoms with van der Waals surface area (Å²) in [6, 6.07) is 12.9. The molecule has 1 atom stereocenters. The summed E-state index contributed by atoms with van der Waals surface area (Å²) in [5.41, 5.74) is 0.944. The Morgan fingerprint density at radius 3 is 2.54 bits per heavy atom. The van der Waals surface area contributed by atoms with E-state index < -0.39 is 12.2 Å². The first-order chi connectivity index (χ1) is 12.6. The molecule has 1 aromatic carbocycles. The lowest BCUT2D eigenvalue weighted by Gasteiger charge is -2.39. The van der Waals surface area contributed by atoms with Crippen LogP contribution in [0.3, 0.4) is 0 Å². The van der Waals surface area contributed by atoms with E-state index in [4.69, 9.17) is 9.84 Å². The van der Waals surface area contributed by atoms with E-state index >= 15 is 0 Å². The third-order valence-corrected chi connectivity index (χ3v) is 4.25. The van der Waals surface area contributed by atoms with Crippen LogP contribution in [0.1, 0.15) is 12.8 Å². The topological polar surface area (TPSA) is 83.0 Å². The standard InChI is InChI=1S/C19H21N3O4/c23-17-14-21(15-8-10-20-11-9-15)12-13-22(17)18(6-7-19(24)25)26-16-4-2-1-3-5-16/h1-5,8-11,18H,6-7,12-14H2,(H,24,25). The number of hydrogen-bond acceptors (Lipinski definition) is 5. The van der Waals surface area contributed by atoms with Crippen LogP contribution in [0, 0.1) is 0 Å². The fourth-order valence-corrected chi connectivity index (χ4v) is 2.95. The third-order valence-electron chi connectivity index (χ3n) is 4.25. The lowest BCUT2D eigenvalue weighted by atomic mass is 10.2. The average molecular weight is 355 g/mol. The molecule has 0 bridgehead atoms. The number of rotatable bonds is 7. The molecule has 0 radical (unpaired) electrons. The summed E-state index contributed by atoms with van der Waals surface area (Å²) in [5, 5.41) is 9.01. The van der Waals surface area contributed by atoms with E-state index in [1.165, 1.54) is 0 Å². The minimum atomic E-state index is -0.908. The van der Waals surface area contributed by atoms with Crippen LogP contribution in [0.25, 0.3) is 0 Å². The quantitative estimate of drug-likeness (QED) is 0.818. The van der Waals surface area contributed by atoms with Crippen molar-refractivity contribution in [2.45, 2.75) is 19.1 Å². The SMILES string of the molecule is O=C(O)CCC(Oc1ccccc1)N1CCN(c2ccncc2)CC1=O. The van der Waals surface area contributed by atoms with E-state index in [-0.39, 0.29) is 25.3 Å². The maximum Gasteiger partial charge on any atom is 0.303 e. The predicted octanol–water partition coefficient (Wildman–Crippen LogP) is 2.00. The van der Waals surface area contributed by atoms with Crippen molar-refractivity contribution in [2.24, 2.45) is 0 Å². The highest BCUT2D eigenvalue weighted by Gasteiger charge is 2.31. The highest BCUT2D eigenvalue weighted by molar-refractivity contribution is 5.83. The van der Waals surface area contributed by atoms with Crippen LogP contribution < -0.4 is 9.64 Å². The van der Waals surface area contributed by atoms with Gasteiger partial charge in [-0.3, -0.25) is 14.6 Å². The fourth-order valence-electron chi connectivity index (χ4n) is 2.95. The number of piperazine rings is 1. The number of hydrogen-bond donors (Lipinski definition) is 1. The number of ether oxygens (including phenoxy) is 1. The number of pyridine rings is 1. The van der Waals surface area contributed by atoms with E-state index in [9.17, 15) is 9.59 Å². The summed E-state index contributed by atoms with van der Waals surface area (Å²) in [6.45, 7) is 1.35. The van der Waals surface area contributed by atoms with Crippen molar-refractivity contribution in [1.29, 1.82) is 0 Å². The van der Waals surface area contributed by atoms with Gasteiger partial charge >= 0.3 is 5.97 Å². The molecule has 1 saturated heterocycles. The van der Waals surface area contributed by atoms with Gasteiger partial charge in [0.05, 0.1) is 13.0 Å². The number of carbonyl (C=O) groups excluding carboxylic acids is 1. The number of amides is 1. The van der Waals surface area contributed by atoms with E-state index in [1.54, 1.807) is 29.4 Å². The molecular formula is C19H21N3O4. The number of para-hydroxylation sites is 1. The molecule has 3 rings (SSSR count). The predicted molar refractivity (Wildman–Crippen MR) is 95.9 cm³/mol. The molecule has 0 saturated carbocycles. The van der Waals surface area contributed by atoms with Crippen LogP contribution in [0.5, 0.6) is 5.75 Å². The normalized spacial score (nSPS) is 15.6. The second-order valence-corrected chi connectivity index (χ2v) is 6.03.